The van der Waals surface area contributed by atoms with Gasteiger partial charge in [-0.15, -0.1) is 0 Å². The van der Waals surface area contributed by atoms with Gasteiger partial charge < -0.3 is 15.4 Å². The van der Waals surface area contributed by atoms with Crippen molar-refractivity contribution in [1.82, 2.24) is 25.3 Å². The van der Waals surface area contributed by atoms with E-state index in [0.29, 0.717) is 19.6 Å². The molecule has 3 aromatic rings. The quantitative estimate of drug-likeness (QED) is 0.589. The Morgan fingerprint density at radius 1 is 0.903 bits per heavy atom. The van der Waals surface area contributed by atoms with Crippen molar-refractivity contribution in [2.45, 2.75) is 26.2 Å². The molecule has 1 aliphatic heterocycles. The summed E-state index contributed by atoms with van der Waals surface area (Å²) in [6, 6.07) is 18.2. The molecular formula is C24H29N5O2. The van der Waals surface area contributed by atoms with Crippen molar-refractivity contribution in [2.75, 3.05) is 26.3 Å². The summed E-state index contributed by atoms with van der Waals surface area (Å²) >= 11 is 0. The number of morpholine rings is 1. The number of hydrogen-bond donors (Lipinski definition) is 2. The number of carbonyl (C=O) groups excluding carboxylic acids is 1. The van der Waals surface area contributed by atoms with Gasteiger partial charge in [-0.25, -0.2) is 4.79 Å². The lowest BCUT2D eigenvalue weighted by molar-refractivity contribution is 0.0341. The number of carbonyl (C=O) groups is 1. The van der Waals surface area contributed by atoms with Crippen LogP contribution in [0.3, 0.4) is 0 Å². The fourth-order valence-corrected chi connectivity index (χ4v) is 3.72. The van der Waals surface area contributed by atoms with Gasteiger partial charge in [-0.3, -0.25) is 9.58 Å². The highest BCUT2D eigenvalue weighted by Gasteiger charge is 2.13. The Morgan fingerprint density at radius 3 is 2.48 bits per heavy atom. The minimum absolute atomic E-state index is 0.168. The van der Waals surface area contributed by atoms with E-state index in [1.807, 2.05) is 35.1 Å². The van der Waals surface area contributed by atoms with Crippen molar-refractivity contribution in [1.29, 1.82) is 0 Å². The summed E-state index contributed by atoms with van der Waals surface area (Å²) in [5, 5.41) is 10.2. The molecule has 2 aromatic carbocycles. The van der Waals surface area contributed by atoms with Gasteiger partial charge in [0.25, 0.3) is 0 Å². The van der Waals surface area contributed by atoms with Crippen molar-refractivity contribution in [3.05, 3.63) is 89.2 Å². The second-order valence-electron chi connectivity index (χ2n) is 7.72. The van der Waals surface area contributed by atoms with E-state index < -0.39 is 0 Å². The zero-order valence-corrected chi connectivity index (χ0v) is 17.7. The van der Waals surface area contributed by atoms with Crippen LogP contribution < -0.4 is 10.6 Å². The number of aromatic nitrogens is 2. The fraction of sp³-hybridized carbons (Fsp3) is 0.333. The van der Waals surface area contributed by atoms with Gasteiger partial charge in [0.05, 0.1) is 19.8 Å². The first kappa shape index (κ1) is 21.1. The largest absolute Gasteiger partial charge is 0.379 e. The van der Waals surface area contributed by atoms with E-state index in [1.54, 1.807) is 6.20 Å². The summed E-state index contributed by atoms with van der Waals surface area (Å²) < 4.78 is 7.31. The molecular weight excluding hydrogens is 390 g/mol. The number of ether oxygens (including phenoxy) is 1. The molecule has 1 aliphatic rings. The third kappa shape index (κ3) is 6.41. The third-order valence-corrected chi connectivity index (χ3v) is 5.40. The number of nitrogens with one attached hydrogen (secondary N) is 2. The number of amides is 2. The zero-order valence-electron chi connectivity index (χ0n) is 17.7. The number of hydrogen-bond acceptors (Lipinski definition) is 4. The Kier molecular flexibility index (Phi) is 7.31. The van der Waals surface area contributed by atoms with Gasteiger partial charge in [-0.1, -0.05) is 48.5 Å². The Morgan fingerprint density at radius 2 is 1.68 bits per heavy atom. The average Bonchev–Trinajstić information content (AvgIpc) is 3.31. The normalized spacial score (nSPS) is 14.3. The fourth-order valence-electron chi connectivity index (χ4n) is 3.72. The molecule has 0 radical (unpaired) electrons. The molecule has 7 nitrogen and oxygen atoms in total. The third-order valence-electron chi connectivity index (χ3n) is 5.40. The van der Waals surface area contributed by atoms with Gasteiger partial charge in [-0.05, 0) is 28.3 Å². The molecule has 1 saturated heterocycles. The molecule has 0 spiro atoms. The topological polar surface area (TPSA) is 71.4 Å². The molecule has 0 atom stereocenters. The average molecular weight is 420 g/mol. The monoisotopic (exact) mass is 419 g/mol. The first-order chi connectivity index (χ1) is 15.3. The predicted molar refractivity (Wildman–Crippen MR) is 119 cm³/mol. The molecule has 7 heteroatoms. The van der Waals surface area contributed by atoms with Crippen LogP contribution in [0.5, 0.6) is 0 Å². The van der Waals surface area contributed by atoms with E-state index in [4.69, 9.17) is 4.74 Å². The molecule has 0 unspecified atom stereocenters. The van der Waals surface area contributed by atoms with Gasteiger partial charge in [0.2, 0.25) is 0 Å². The lowest BCUT2D eigenvalue weighted by Gasteiger charge is -2.27. The number of urea groups is 1. The van der Waals surface area contributed by atoms with Crippen LogP contribution in [0.4, 0.5) is 4.79 Å². The first-order valence-electron chi connectivity index (χ1n) is 10.7. The van der Waals surface area contributed by atoms with Crippen LogP contribution in [-0.2, 0) is 30.9 Å². The minimum Gasteiger partial charge on any atom is -0.379 e. The van der Waals surface area contributed by atoms with Gasteiger partial charge in [-0.2, -0.15) is 5.10 Å². The van der Waals surface area contributed by atoms with Gasteiger partial charge in [0.1, 0.15) is 0 Å². The van der Waals surface area contributed by atoms with Crippen LogP contribution in [0, 0.1) is 0 Å². The van der Waals surface area contributed by atoms with E-state index in [2.05, 4.69) is 51.0 Å². The SMILES string of the molecule is O=C(NCc1cccc(Cn2cccn2)c1)NCc1ccccc1CN1CCOCC1. The second-order valence-corrected chi connectivity index (χ2v) is 7.72. The molecule has 2 heterocycles. The summed E-state index contributed by atoms with van der Waals surface area (Å²) in [6.45, 7) is 6.04. The molecule has 2 N–H and O–H groups in total. The molecule has 2 amide bonds. The molecule has 1 fully saturated rings. The van der Waals surface area contributed by atoms with Crippen LogP contribution in [-0.4, -0.2) is 47.0 Å². The van der Waals surface area contributed by atoms with Crippen molar-refractivity contribution in [3.63, 3.8) is 0 Å². The van der Waals surface area contributed by atoms with Crippen molar-refractivity contribution < 1.29 is 9.53 Å². The van der Waals surface area contributed by atoms with E-state index >= 15 is 0 Å². The first-order valence-corrected chi connectivity index (χ1v) is 10.7. The van der Waals surface area contributed by atoms with Gasteiger partial charge in [0, 0.05) is 45.1 Å². The van der Waals surface area contributed by atoms with Crippen LogP contribution in [0.15, 0.2) is 67.0 Å². The highest BCUT2D eigenvalue weighted by atomic mass is 16.5. The zero-order chi connectivity index (χ0) is 21.3. The van der Waals surface area contributed by atoms with Crippen LogP contribution in [0.25, 0.3) is 0 Å². The molecule has 1 aromatic heterocycles. The Bertz CT molecular complexity index is 968. The van der Waals surface area contributed by atoms with E-state index in [0.717, 1.165) is 49.5 Å². The van der Waals surface area contributed by atoms with Gasteiger partial charge in [0.15, 0.2) is 0 Å². The van der Waals surface area contributed by atoms with E-state index in [9.17, 15) is 4.79 Å². The summed E-state index contributed by atoms with van der Waals surface area (Å²) in [6.07, 6.45) is 3.71. The highest BCUT2D eigenvalue weighted by Crippen LogP contribution is 2.13. The number of nitrogens with zero attached hydrogens (tertiary/aromatic N) is 3. The molecule has 0 aliphatic carbocycles. The molecule has 31 heavy (non-hydrogen) atoms. The van der Waals surface area contributed by atoms with Gasteiger partial charge >= 0.3 is 6.03 Å². The lowest BCUT2D eigenvalue weighted by atomic mass is 10.1. The number of benzene rings is 2. The van der Waals surface area contributed by atoms with Crippen LogP contribution >= 0.6 is 0 Å². The summed E-state index contributed by atoms with van der Waals surface area (Å²) in [5.74, 6) is 0. The van der Waals surface area contributed by atoms with Crippen molar-refractivity contribution >= 4 is 6.03 Å². The summed E-state index contributed by atoms with van der Waals surface area (Å²) in [5.41, 5.74) is 4.61. The summed E-state index contributed by atoms with van der Waals surface area (Å²) in [7, 11) is 0. The maximum absolute atomic E-state index is 12.4. The van der Waals surface area contributed by atoms with Crippen LogP contribution in [0.2, 0.25) is 0 Å². The smallest absolute Gasteiger partial charge is 0.315 e. The lowest BCUT2D eigenvalue weighted by Crippen LogP contribution is -2.37. The molecule has 0 bridgehead atoms. The molecule has 162 valence electrons. The minimum atomic E-state index is -0.168. The summed E-state index contributed by atoms with van der Waals surface area (Å²) in [4.78, 5) is 14.8. The van der Waals surface area contributed by atoms with E-state index in [1.165, 1.54) is 5.56 Å². The number of rotatable bonds is 8. The van der Waals surface area contributed by atoms with Crippen LogP contribution in [0.1, 0.15) is 22.3 Å². The molecule has 0 saturated carbocycles. The Labute approximate surface area is 183 Å². The Hall–Kier alpha value is -3.16. The van der Waals surface area contributed by atoms with Crippen molar-refractivity contribution in [3.8, 4) is 0 Å². The maximum atomic E-state index is 12.4. The van der Waals surface area contributed by atoms with E-state index in [-0.39, 0.29) is 6.03 Å². The highest BCUT2D eigenvalue weighted by molar-refractivity contribution is 5.73. The molecule has 4 rings (SSSR count). The second kappa shape index (κ2) is 10.7. The van der Waals surface area contributed by atoms with Crippen molar-refractivity contribution in [2.24, 2.45) is 0 Å². The predicted octanol–water partition coefficient (Wildman–Crippen LogP) is 2.76. The standard InChI is InChI=1S/C24H29N5O2/c30-24(25-16-20-5-3-6-21(15-20)18-29-10-4-9-27-29)26-17-22-7-1-2-8-23(22)19-28-11-13-31-14-12-28/h1-10,15H,11-14,16-19H2,(H2,25,26,30). The Balaban J connectivity index is 1.26. The maximum Gasteiger partial charge on any atom is 0.315 e.